The van der Waals surface area contributed by atoms with Gasteiger partial charge in [-0.15, -0.1) is 11.3 Å². The molecule has 0 bridgehead atoms. The summed E-state index contributed by atoms with van der Waals surface area (Å²) < 4.78 is 11.5. The number of methoxy groups -OCH3 is 1. The van der Waals surface area contributed by atoms with Gasteiger partial charge in [-0.3, -0.25) is 4.90 Å². The molecule has 7 heteroatoms. The van der Waals surface area contributed by atoms with E-state index in [-0.39, 0.29) is 6.61 Å². The third-order valence-electron chi connectivity index (χ3n) is 5.63. The highest BCUT2D eigenvalue weighted by Crippen LogP contribution is 2.29. The van der Waals surface area contributed by atoms with Crippen molar-refractivity contribution in [2.75, 3.05) is 40.4 Å². The molecule has 3 rings (SSSR count). The summed E-state index contributed by atoms with van der Waals surface area (Å²) in [6.45, 7) is 6.73. The lowest BCUT2D eigenvalue weighted by molar-refractivity contribution is 0.0645. The minimum absolute atomic E-state index is 0.273. The van der Waals surface area contributed by atoms with E-state index >= 15 is 0 Å². The van der Waals surface area contributed by atoms with Gasteiger partial charge >= 0.3 is 0 Å². The van der Waals surface area contributed by atoms with Crippen LogP contribution in [-0.4, -0.2) is 66.4 Å². The highest BCUT2D eigenvalue weighted by molar-refractivity contribution is 7.09. The topological polar surface area (TPSA) is 58.1 Å². The predicted molar refractivity (Wildman–Crippen MR) is 126 cm³/mol. The van der Waals surface area contributed by atoms with Gasteiger partial charge < -0.3 is 19.5 Å². The van der Waals surface area contributed by atoms with Crippen molar-refractivity contribution in [3.8, 4) is 11.5 Å². The van der Waals surface area contributed by atoms with Crippen LogP contribution in [-0.2, 0) is 13.1 Å². The normalized spacial score (nSPS) is 16.7. The molecule has 172 valence electrons. The summed E-state index contributed by atoms with van der Waals surface area (Å²) in [5, 5.41) is 13.7. The molecule has 2 heterocycles. The molecule has 0 radical (unpaired) electrons. The van der Waals surface area contributed by atoms with E-state index in [1.807, 2.05) is 19.1 Å². The van der Waals surface area contributed by atoms with E-state index in [0.29, 0.717) is 18.0 Å². The van der Waals surface area contributed by atoms with Crippen molar-refractivity contribution >= 4 is 11.3 Å². The van der Waals surface area contributed by atoms with Gasteiger partial charge in [0.1, 0.15) is 12.7 Å². The fourth-order valence-corrected chi connectivity index (χ4v) is 4.69. The molecule has 1 fully saturated rings. The van der Waals surface area contributed by atoms with Gasteiger partial charge in [0.2, 0.25) is 0 Å². The van der Waals surface area contributed by atoms with Gasteiger partial charge in [-0.1, -0.05) is 25.3 Å². The average Bonchev–Trinajstić information content (AvgIpc) is 3.13. The fraction of sp³-hybridized carbons (Fsp3) is 0.625. The first-order valence-electron chi connectivity index (χ1n) is 11.3. The average molecular weight is 448 g/mol. The Kier molecular flexibility index (Phi) is 9.58. The third-order valence-corrected chi connectivity index (χ3v) is 6.45. The van der Waals surface area contributed by atoms with Gasteiger partial charge in [-0.2, -0.15) is 0 Å². The van der Waals surface area contributed by atoms with E-state index < -0.39 is 6.10 Å². The quantitative estimate of drug-likeness (QED) is 0.592. The van der Waals surface area contributed by atoms with Crippen LogP contribution in [0.4, 0.5) is 0 Å². The summed E-state index contributed by atoms with van der Waals surface area (Å²) in [4.78, 5) is 9.14. The van der Waals surface area contributed by atoms with E-state index in [1.165, 1.54) is 32.1 Å². The monoisotopic (exact) mass is 447 g/mol. The largest absolute Gasteiger partial charge is 0.493 e. The van der Waals surface area contributed by atoms with Gasteiger partial charge in [0.05, 0.1) is 17.8 Å². The van der Waals surface area contributed by atoms with E-state index in [1.54, 1.807) is 18.4 Å². The van der Waals surface area contributed by atoms with E-state index in [0.717, 1.165) is 42.4 Å². The van der Waals surface area contributed by atoms with Crippen molar-refractivity contribution in [3.63, 3.8) is 0 Å². The van der Waals surface area contributed by atoms with Crippen LogP contribution in [0.2, 0.25) is 0 Å². The van der Waals surface area contributed by atoms with Crippen LogP contribution in [0.3, 0.4) is 0 Å². The number of hydrogen-bond acceptors (Lipinski definition) is 7. The molecule has 2 aromatic rings. The molecule has 6 nitrogen and oxygen atoms in total. The summed E-state index contributed by atoms with van der Waals surface area (Å²) >= 11 is 1.68. The SMILES string of the molecule is COc1cc(CN(C)Cc2csc(C)n2)ccc1OC[C@H](O)CN1CCCCCCC1. The van der Waals surface area contributed by atoms with E-state index in [9.17, 15) is 5.11 Å². The molecule has 1 aliphatic heterocycles. The third kappa shape index (κ3) is 8.07. The molecule has 1 N–H and O–H groups in total. The summed E-state index contributed by atoms with van der Waals surface area (Å²) in [5.41, 5.74) is 2.26. The van der Waals surface area contributed by atoms with Gasteiger partial charge in [0.15, 0.2) is 11.5 Å². The zero-order chi connectivity index (χ0) is 22.1. The lowest BCUT2D eigenvalue weighted by Crippen LogP contribution is -2.37. The number of aliphatic hydroxyl groups is 1. The highest BCUT2D eigenvalue weighted by atomic mass is 32.1. The molecule has 0 saturated carbocycles. The number of ether oxygens (including phenoxy) is 2. The molecule has 1 aliphatic rings. The molecule has 0 amide bonds. The Bertz CT molecular complexity index is 790. The number of benzene rings is 1. The molecule has 0 aliphatic carbocycles. The first-order chi connectivity index (χ1) is 15.0. The number of aryl methyl sites for hydroxylation is 1. The molecule has 31 heavy (non-hydrogen) atoms. The predicted octanol–water partition coefficient (Wildman–Crippen LogP) is 4.10. The molecule has 1 aromatic heterocycles. The molecule has 0 unspecified atom stereocenters. The second kappa shape index (κ2) is 12.4. The van der Waals surface area contributed by atoms with Crippen molar-refractivity contribution in [2.45, 2.75) is 58.2 Å². The number of likely N-dealkylation sites (tertiary alicyclic amines) is 1. The Morgan fingerprint density at radius 3 is 2.55 bits per heavy atom. The Labute approximate surface area is 190 Å². The van der Waals surface area contributed by atoms with E-state index in [2.05, 4.69) is 33.3 Å². The standard InChI is InChI=1S/C24H37N3O3S/c1-19-25-21(18-31-19)15-26(2)14-20-9-10-23(24(13-20)29-3)30-17-22(28)16-27-11-7-5-4-6-8-12-27/h9-10,13,18,22,28H,4-8,11-12,14-17H2,1-3H3/t22-/m1/s1. The number of β-amino-alcohol motifs (C(OH)–C–C–N with tert-alkyl or cyclic N) is 1. The van der Waals surface area contributed by atoms with Crippen molar-refractivity contribution in [1.29, 1.82) is 0 Å². The Morgan fingerprint density at radius 1 is 1.13 bits per heavy atom. The Morgan fingerprint density at radius 2 is 1.87 bits per heavy atom. The minimum atomic E-state index is -0.503. The lowest BCUT2D eigenvalue weighted by atomic mass is 10.1. The van der Waals surface area contributed by atoms with Crippen LogP contribution in [0, 0.1) is 6.92 Å². The Balaban J connectivity index is 1.49. The van der Waals surface area contributed by atoms with Crippen LogP contribution in [0.5, 0.6) is 11.5 Å². The number of thiazole rings is 1. The van der Waals surface area contributed by atoms with Gasteiger partial charge in [-0.05, 0) is 57.6 Å². The van der Waals surface area contributed by atoms with Crippen LogP contribution in [0.1, 0.15) is 48.4 Å². The second-order valence-electron chi connectivity index (χ2n) is 8.55. The van der Waals surface area contributed by atoms with Gasteiger partial charge in [0.25, 0.3) is 0 Å². The zero-order valence-electron chi connectivity index (χ0n) is 19.2. The van der Waals surface area contributed by atoms with Gasteiger partial charge in [-0.25, -0.2) is 4.98 Å². The first-order valence-corrected chi connectivity index (χ1v) is 12.2. The second-order valence-corrected chi connectivity index (χ2v) is 9.61. The molecule has 0 spiro atoms. The first kappa shape index (κ1) is 24.0. The molecular formula is C24H37N3O3S. The maximum atomic E-state index is 10.5. The maximum Gasteiger partial charge on any atom is 0.161 e. The summed E-state index contributed by atoms with van der Waals surface area (Å²) in [6, 6.07) is 6.02. The van der Waals surface area contributed by atoms with E-state index in [4.69, 9.17) is 9.47 Å². The van der Waals surface area contributed by atoms with Crippen LogP contribution >= 0.6 is 11.3 Å². The summed E-state index contributed by atoms with van der Waals surface area (Å²) in [5.74, 6) is 1.38. The number of rotatable bonds is 10. The number of aliphatic hydroxyl groups excluding tert-OH is 1. The van der Waals surface area contributed by atoms with Crippen LogP contribution in [0.25, 0.3) is 0 Å². The van der Waals surface area contributed by atoms with Crippen molar-refractivity contribution in [2.24, 2.45) is 0 Å². The smallest absolute Gasteiger partial charge is 0.161 e. The highest BCUT2D eigenvalue weighted by Gasteiger charge is 2.15. The summed E-state index contributed by atoms with van der Waals surface area (Å²) in [6.07, 6.45) is 5.88. The van der Waals surface area contributed by atoms with Crippen LogP contribution in [0.15, 0.2) is 23.6 Å². The zero-order valence-corrected chi connectivity index (χ0v) is 20.0. The summed E-state index contributed by atoms with van der Waals surface area (Å²) in [7, 11) is 3.75. The molecule has 1 atom stereocenters. The number of aromatic nitrogens is 1. The van der Waals surface area contributed by atoms with Crippen molar-refractivity contribution in [1.82, 2.24) is 14.8 Å². The molecular weight excluding hydrogens is 410 g/mol. The lowest BCUT2D eigenvalue weighted by Gasteiger charge is -2.26. The minimum Gasteiger partial charge on any atom is -0.493 e. The van der Waals surface area contributed by atoms with Gasteiger partial charge in [0, 0.05) is 25.0 Å². The van der Waals surface area contributed by atoms with Crippen LogP contribution < -0.4 is 9.47 Å². The number of nitrogens with zero attached hydrogens (tertiary/aromatic N) is 3. The Hall–Kier alpha value is -1.67. The molecule has 1 aromatic carbocycles. The van der Waals surface area contributed by atoms with Crippen molar-refractivity contribution in [3.05, 3.63) is 39.8 Å². The maximum absolute atomic E-state index is 10.5. The van der Waals surface area contributed by atoms with Crippen molar-refractivity contribution < 1.29 is 14.6 Å². The number of hydrogen-bond donors (Lipinski definition) is 1. The molecule has 1 saturated heterocycles. The fourth-order valence-electron chi connectivity index (χ4n) is 4.09.